The van der Waals surface area contributed by atoms with E-state index in [2.05, 4.69) is 10.5 Å². The normalized spacial score (nSPS) is 16.6. The first-order valence-electron chi connectivity index (χ1n) is 5.16. The fourth-order valence-corrected chi connectivity index (χ4v) is 2.15. The van der Waals surface area contributed by atoms with Gasteiger partial charge in [-0.05, 0) is 29.3 Å². The highest BCUT2D eigenvalue weighted by Crippen LogP contribution is 2.26. The van der Waals surface area contributed by atoms with Gasteiger partial charge in [-0.15, -0.1) is 0 Å². The van der Waals surface area contributed by atoms with Crippen molar-refractivity contribution in [2.24, 2.45) is 16.8 Å². The molecule has 8 heteroatoms. The van der Waals surface area contributed by atoms with Gasteiger partial charge in [-0.2, -0.15) is 24.5 Å². The van der Waals surface area contributed by atoms with Gasteiger partial charge in [-0.1, -0.05) is 5.16 Å². The van der Waals surface area contributed by atoms with Crippen molar-refractivity contribution in [2.45, 2.75) is 19.1 Å². The second kappa shape index (κ2) is 6.05. The van der Waals surface area contributed by atoms with Crippen LogP contribution in [0, 0.1) is 5.92 Å². The molecule has 0 saturated heterocycles. The molecule has 0 bridgehead atoms. The van der Waals surface area contributed by atoms with Crippen LogP contribution >= 0.6 is 11.3 Å². The number of alkyl halides is 3. The lowest BCUT2D eigenvalue weighted by Gasteiger charge is -2.21. The van der Waals surface area contributed by atoms with Crippen LogP contribution in [0.4, 0.5) is 13.2 Å². The molecular formula is C10H14F3N3OS. The van der Waals surface area contributed by atoms with Crippen LogP contribution < -0.4 is 11.1 Å². The number of halogens is 3. The standard InChI is InChI=1S/C10H14F3N3OS/c1-6(7-2-3-18-5-7)15-4-8(9(14)16-17)10(11,12)13/h2-3,5-6,8,15,17H,4H2,1H3,(H2,14,16). The zero-order valence-corrected chi connectivity index (χ0v) is 10.4. The van der Waals surface area contributed by atoms with Crippen molar-refractivity contribution in [3.05, 3.63) is 22.4 Å². The van der Waals surface area contributed by atoms with E-state index in [0.717, 1.165) is 5.56 Å². The summed E-state index contributed by atoms with van der Waals surface area (Å²) < 4.78 is 37.9. The minimum Gasteiger partial charge on any atom is -0.409 e. The van der Waals surface area contributed by atoms with E-state index in [1.165, 1.54) is 11.3 Å². The molecule has 1 rings (SSSR count). The van der Waals surface area contributed by atoms with E-state index in [9.17, 15) is 13.2 Å². The maximum absolute atomic E-state index is 12.6. The SMILES string of the molecule is CC(NCC(/C(N)=N/O)C(F)(F)F)c1ccsc1. The van der Waals surface area contributed by atoms with E-state index in [0.29, 0.717) is 0 Å². The Morgan fingerprint density at radius 2 is 2.28 bits per heavy atom. The molecule has 0 spiro atoms. The van der Waals surface area contributed by atoms with E-state index in [4.69, 9.17) is 10.9 Å². The Labute approximate surface area is 106 Å². The second-order valence-electron chi connectivity index (χ2n) is 3.81. The van der Waals surface area contributed by atoms with Crippen LogP contribution in [-0.2, 0) is 0 Å². The summed E-state index contributed by atoms with van der Waals surface area (Å²) in [4.78, 5) is 0. The lowest BCUT2D eigenvalue weighted by molar-refractivity contribution is -0.155. The molecule has 1 aromatic rings. The summed E-state index contributed by atoms with van der Waals surface area (Å²) in [6, 6.07) is 1.60. The van der Waals surface area contributed by atoms with Gasteiger partial charge in [0, 0.05) is 12.6 Å². The predicted molar refractivity (Wildman–Crippen MR) is 63.7 cm³/mol. The van der Waals surface area contributed by atoms with Crippen LogP contribution in [0.2, 0.25) is 0 Å². The molecule has 0 aliphatic heterocycles. The molecule has 18 heavy (non-hydrogen) atoms. The Morgan fingerprint density at radius 1 is 1.61 bits per heavy atom. The summed E-state index contributed by atoms with van der Waals surface area (Å²) in [6.07, 6.45) is -4.54. The summed E-state index contributed by atoms with van der Waals surface area (Å²) in [6.45, 7) is 1.32. The summed E-state index contributed by atoms with van der Waals surface area (Å²) in [7, 11) is 0. The zero-order chi connectivity index (χ0) is 13.8. The molecule has 0 radical (unpaired) electrons. The zero-order valence-electron chi connectivity index (χ0n) is 9.61. The van der Waals surface area contributed by atoms with E-state index in [1.54, 1.807) is 6.92 Å². The average Bonchev–Trinajstić information content (AvgIpc) is 2.80. The molecule has 4 N–H and O–H groups in total. The molecule has 1 heterocycles. The van der Waals surface area contributed by atoms with E-state index >= 15 is 0 Å². The molecule has 0 aliphatic rings. The fourth-order valence-electron chi connectivity index (χ4n) is 1.39. The Hall–Kier alpha value is -1.28. The summed E-state index contributed by atoms with van der Waals surface area (Å²) in [5.74, 6) is -2.84. The summed E-state index contributed by atoms with van der Waals surface area (Å²) in [5.41, 5.74) is 5.95. The first kappa shape index (κ1) is 14.8. The minimum absolute atomic E-state index is 0.229. The summed E-state index contributed by atoms with van der Waals surface area (Å²) >= 11 is 1.47. The topological polar surface area (TPSA) is 70.6 Å². The maximum atomic E-state index is 12.6. The Morgan fingerprint density at radius 3 is 2.72 bits per heavy atom. The number of hydrogen-bond donors (Lipinski definition) is 3. The maximum Gasteiger partial charge on any atom is 0.400 e. The van der Waals surface area contributed by atoms with Gasteiger partial charge in [0.25, 0.3) is 0 Å². The van der Waals surface area contributed by atoms with Gasteiger partial charge in [-0.25, -0.2) is 0 Å². The third-order valence-electron chi connectivity index (χ3n) is 2.54. The molecule has 0 aromatic carbocycles. The van der Waals surface area contributed by atoms with Crippen molar-refractivity contribution in [2.75, 3.05) is 6.54 Å². The Bertz CT molecular complexity index is 392. The van der Waals surface area contributed by atoms with Crippen LogP contribution in [0.25, 0.3) is 0 Å². The molecule has 102 valence electrons. The number of hydrogen-bond acceptors (Lipinski definition) is 4. The number of nitrogens with zero attached hydrogens (tertiary/aromatic N) is 1. The number of amidine groups is 1. The van der Waals surface area contributed by atoms with Crippen LogP contribution in [0.1, 0.15) is 18.5 Å². The Balaban J connectivity index is 2.63. The van der Waals surface area contributed by atoms with Crippen molar-refractivity contribution in [3.63, 3.8) is 0 Å². The molecular weight excluding hydrogens is 267 g/mol. The van der Waals surface area contributed by atoms with E-state index < -0.39 is 24.5 Å². The van der Waals surface area contributed by atoms with Gasteiger partial charge in [0.2, 0.25) is 0 Å². The van der Waals surface area contributed by atoms with E-state index in [-0.39, 0.29) is 6.04 Å². The first-order valence-corrected chi connectivity index (χ1v) is 6.10. The van der Waals surface area contributed by atoms with Gasteiger partial charge in [0.1, 0.15) is 5.92 Å². The number of nitrogens with two attached hydrogens (primary N) is 1. The molecule has 1 aromatic heterocycles. The number of nitrogens with one attached hydrogen (secondary N) is 1. The average molecular weight is 281 g/mol. The van der Waals surface area contributed by atoms with Crippen molar-refractivity contribution in [1.29, 1.82) is 0 Å². The van der Waals surface area contributed by atoms with Gasteiger partial charge < -0.3 is 16.3 Å². The van der Waals surface area contributed by atoms with Gasteiger partial charge in [0.15, 0.2) is 5.84 Å². The molecule has 0 saturated carbocycles. The third kappa shape index (κ3) is 3.88. The monoisotopic (exact) mass is 281 g/mol. The highest BCUT2D eigenvalue weighted by Gasteiger charge is 2.42. The highest BCUT2D eigenvalue weighted by atomic mass is 32.1. The van der Waals surface area contributed by atoms with Crippen LogP contribution in [0.5, 0.6) is 0 Å². The molecule has 2 atom stereocenters. The number of oxime groups is 1. The number of rotatable bonds is 5. The smallest absolute Gasteiger partial charge is 0.400 e. The first-order chi connectivity index (χ1) is 8.36. The third-order valence-corrected chi connectivity index (χ3v) is 3.24. The van der Waals surface area contributed by atoms with Crippen LogP contribution in [-0.4, -0.2) is 23.8 Å². The summed E-state index contributed by atoms with van der Waals surface area (Å²) in [5, 5.41) is 17.2. The number of thiophene rings is 1. The van der Waals surface area contributed by atoms with Gasteiger partial charge in [-0.3, -0.25) is 0 Å². The molecule has 2 unspecified atom stereocenters. The van der Waals surface area contributed by atoms with Crippen molar-refractivity contribution in [3.8, 4) is 0 Å². The molecule has 0 amide bonds. The fraction of sp³-hybridized carbons (Fsp3) is 0.500. The van der Waals surface area contributed by atoms with Crippen LogP contribution in [0.3, 0.4) is 0 Å². The molecule has 4 nitrogen and oxygen atoms in total. The van der Waals surface area contributed by atoms with Crippen molar-refractivity contribution >= 4 is 17.2 Å². The van der Waals surface area contributed by atoms with E-state index in [1.807, 2.05) is 16.8 Å². The molecule has 0 fully saturated rings. The van der Waals surface area contributed by atoms with Gasteiger partial charge >= 0.3 is 6.18 Å². The lowest BCUT2D eigenvalue weighted by Crippen LogP contribution is -2.43. The second-order valence-corrected chi connectivity index (χ2v) is 4.59. The van der Waals surface area contributed by atoms with Crippen molar-refractivity contribution in [1.82, 2.24) is 5.32 Å². The predicted octanol–water partition coefficient (Wildman–Crippen LogP) is 2.32. The minimum atomic E-state index is -4.54. The van der Waals surface area contributed by atoms with Gasteiger partial charge in [0.05, 0.1) is 0 Å². The quantitative estimate of drug-likeness (QED) is 0.336. The van der Waals surface area contributed by atoms with Crippen LogP contribution in [0.15, 0.2) is 22.0 Å². The Kier molecular flexibility index (Phi) is 4.97. The van der Waals surface area contributed by atoms with Crippen molar-refractivity contribution < 1.29 is 18.4 Å². The largest absolute Gasteiger partial charge is 0.409 e. The molecule has 0 aliphatic carbocycles. The highest BCUT2D eigenvalue weighted by molar-refractivity contribution is 7.07. The lowest BCUT2D eigenvalue weighted by atomic mass is 10.1.